The summed E-state index contributed by atoms with van der Waals surface area (Å²) in [5, 5.41) is 7.08. The van der Waals surface area contributed by atoms with Crippen molar-refractivity contribution in [1.82, 2.24) is 10.3 Å². The third kappa shape index (κ3) is 3.53. The first-order valence-electron chi connectivity index (χ1n) is 7.92. The Balaban J connectivity index is 1.68. The van der Waals surface area contributed by atoms with Crippen LogP contribution in [-0.2, 0) is 6.42 Å². The van der Waals surface area contributed by atoms with Crippen LogP contribution in [0.4, 0.5) is 0 Å². The van der Waals surface area contributed by atoms with Crippen LogP contribution in [0.1, 0.15) is 38.1 Å². The van der Waals surface area contributed by atoms with Gasteiger partial charge in [0, 0.05) is 23.4 Å². The highest BCUT2D eigenvalue weighted by Crippen LogP contribution is 2.41. The predicted molar refractivity (Wildman–Crippen MR) is 90.7 cm³/mol. The molecule has 112 valence electrons. The number of hydrogen-bond acceptors (Lipinski definition) is 3. The molecule has 0 amide bonds. The summed E-state index contributed by atoms with van der Waals surface area (Å²) in [6.07, 6.45) is 5.01. The zero-order chi connectivity index (χ0) is 14.7. The van der Waals surface area contributed by atoms with Crippen LogP contribution in [0.15, 0.2) is 35.7 Å². The lowest BCUT2D eigenvalue weighted by Crippen LogP contribution is -2.28. The van der Waals surface area contributed by atoms with E-state index in [1.54, 1.807) is 0 Å². The number of nitrogens with zero attached hydrogens (tertiary/aromatic N) is 1. The van der Waals surface area contributed by atoms with Crippen LogP contribution in [0.2, 0.25) is 0 Å². The minimum atomic E-state index is 0.415. The van der Waals surface area contributed by atoms with Crippen molar-refractivity contribution in [2.24, 2.45) is 5.41 Å². The average Bonchev–Trinajstić information content (AvgIpc) is 3.08. The third-order valence-corrected chi connectivity index (χ3v) is 5.38. The molecule has 2 atom stereocenters. The van der Waals surface area contributed by atoms with Gasteiger partial charge in [-0.25, -0.2) is 4.98 Å². The van der Waals surface area contributed by atoms with E-state index >= 15 is 0 Å². The van der Waals surface area contributed by atoms with Gasteiger partial charge in [0.15, 0.2) is 0 Å². The highest BCUT2D eigenvalue weighted by molar-refractivity contribution is 7.09. The van der Waals surface area contributed by atoms with E-state index in [4.69, 9.17) is 4.98 Å². The summed E-state index contributed by atoms with van der Waals surface area (Å²) in [6, 6.07) is 11.2. The predicted octanol–water partition coefficient (Wildman–Crippen LogP) is 4.52. The zero-order valence-electron chi connectivity index (χ0n) is 12.9. The van der Waals surface area contributed by atoms with Crippen LogP contribution in [0.25, 0.3) is 11.3 Å². The fourth-order valence-corrected chi connectivity index (χ4v) is 4.46. The largest absolute Gasteiger partial charge is 0.314 e. The molecule has 1 aromatic carbocycles. The zero-order valence-corrected chi connectivity index (χ0v) is 13.7. The summed E-state index contributed by atoms with van der Waals surface area (Å²) in [7, 11) is 0. The van der Waals surface area contributed by atoms with Crippen LogP contribution in [-0.4, -0.2) is 17.6 Å². The Morgan fingerprint density at radius 2 is 2.14 bits per heavy atom. The molecule has 1 N–H and O–H groups in total. The van der Waals surface area contributed by atoms with E-state index in [-0.39, 0.29) is 0 Å². The maximum Gasteiger partial charge on any atom is 0.0938 e. The third-order valence-electron chi connectivity index (χ3n) is 4.53. The number of rotatable bonds is 5. The molecule has 1 fully saturated rings. The molecule has 1 saturated carbocycles. The molecule has 2 unspecified atom stereocenters. The lowest BCUT2D eigenvalue weighted by Gasteiger charge is -2.23. The van der Waals surface area contributed by atoms with Crippen molar-refractivity contribution in [1.29, 1.82) is 0 Å². The topological polar surface area (TPSA) is 24.9 Å². The normalized spacial score (nSPS) is 25.3. The first-order valence-corrected chi connectivity index (χ1v) is 8.80. The van der Waals surface area contributed by atoms with Gasteiger partial charge in [-0.2, -0.15) is 0 Å². The summed E-state index contributed by atoms with van der Waals surface area (Å²) in [5.41, 5.74) is 2.76. The van der Waals surface area contributed by atoms with Gasteiger partial charge in [-0.3, -0.25) is 0 Å². The van der Waals surface area contributed by atoms with E-state index in [1.165, 1.54) is 29.8 Å². The van der Waals surface area contributed by atoms with E-state index in [0.29, 0.717) is 11.5 Å². The van der Waals surface area contributed by atoms with Crippen LogP contribution < -0.4 is 5.32 Å². The number of benzene rings is 1. The smallest absolute Gasteiger partial charge is 0.0938 e. The Hall–Kier alpha value is -1.19. The van der Waals surface area contributed by atoms with Crippen molar-refractivity contribution in [3.63, 3.8) is 0 Å². The Morgan fingerprint density at radius 3 is 2.90 bits per heavy atom. The first kappa shape index (κ1) is 14.7. The second-order valence-corrected chi connectivity index (χ2v) is 7.42. The van der Waals surface area contributed by atoms with Gasteiger partial charge >= 0.3 is 0 Å². The molecule has 0 saturated heterocycles. The molecular formula is C18H24N2S. The molecule has 1 heterocycles. The summed E-state index contributed by atoms with van der Waals surface area (Å²) in [6.45, 7) is 5.70. The van der Waals surface area contributed by atoms with Crippen molar-refractivity contribution in [3.8, 4) is 11.3 Å². The summed E-state index contributed by atoms with van der Waals surface area (Å²) >= 11 is 1.81. The van der Waals surface area contributed by atoms with E-state index in [1.807, 2.05) is 11.3 Å². The standard InChI is InChI=1S/C18H24N2S/c1-3-19-15-9-10-18(2,11-15)12-17-20-16(13-21-17)14-7-5-4-6-8-14/h4-8,13,15,19H,3,9-12H2,1-2H3. The molecule has 0 aliphatic heterocycles. The van der Waals surface area contributed by atoms with Crippen molar-refractivity contribution < 1.29 is 0 Å². The highest BCUT2D eigenvalue weighted by Gasteiger charge is 2.35. The maximum absolute atomic E-state index is 4.86. The Morgan fingerprint density at radius 1 is 1.33 bits per heavy atom. The molecule has 0 bridgehead atoms. The van der Waals surface area contributed by atoms with Crippen LogP contribution >= 0.6 is 11.3 Å². The average molecular weight is 300 g/mol. The number of hydrogen-bond donors (Lipinski definition) is 1. The highest BCUT2D eigenvalue weighted by atomic mass is 32.1. The van der Waals surface area contributed by atoms with Crippen LogP contribution in [0, 0.1) is 5.41 Å². The number of nitrogens with one attached hydrogen (secondary N) is 1. The molecule has 0 spiro atoms. The van der Waals surface area contributed by atoms with Gasteiger partial charge in [0.05, 0.1) is 10.7 Å². The lowest BCUT2D eigenvalue weighted by atomic mass is 9.85. The molecule has 3 heteroatoms. The van der Waals surface area contributed by atoms with Crippen molar-refractivity contribution in [2.45, 2.75) is 45.6 Å². The van der Waals surface area contributed by atoms with Gasteiger partial charge in [-0.1, -0.05) is 44.2 Å². The quantitative estimate of drug-likeness (QED) is 0.878. The molecule has 2 aromatic rings. The Labute approximate surface area is 131 Å². The van der Waals surface area contributed by atoms with Crippen molar-refractivity contribution in [3.05, 3.63) is 40.7 Å². The molecule has 1 aliphatic rings. The molecule has 1 aliphatic carbocycles. The lowest BCUT2D eigenvalue weighted by molar-refractivity contribution is 0.322. The maximum atomic E-state index is 4.86. The second-order valence-electron chi connectivity index (χ2n) is 6.48. The Kier molecular flexibility index (Phi) is 4.41. The SMILES string of the molecule is CCNC1CCC(C)(Cc2nc(-c3ccccc3)cs2)C1. The summed E-state index contributed by atoms with van der Waals surface area (Å²) < 4.78 is 0. The molecule has 1 aromatic heterocycles. The summed E-state index contributed by atoms with van der Waals surface area (Å²) in [5.74, 6) is 0. The fourth-order valence-electron chi connectivity index (χ4n) is 3.44. The van der Waals surface area contributed by atoms with Crippen LogP contribution in [0.5, 0.6) is 0 Å². The van der Waals surface area contributed by atoms with E-state index in [0.717, 1.165) is 18.7 Å². The molecule has 21 heavy (non-hydrogen) atoms. The Bertz CT molecular complexity index is 578. The monoisotopic (exact) mass is 300 g/mol. The van der Waals surface area contributed by atoms with Gasteiger partial charge in [-0.05, 0) is 31.2 Å². The van der Waals surface area contributed by atoms with Gasteiger partial charge in [0.1, 0.15) is 0 Å². The molecule has 0 radical (unpaired) electrons. The minimum Gasteiger partial charge on any atom is -0.314 e. The van der Waals surface area contributed by atoms with Gasteiger partial charge < -0.3 is 5.32 Å². The molecular weight excluding hydrogens is 276 g/mol. The fraction of sp³-hybridized carbons (Fsp3) is 0.500. The number of thiazole rings is 1. The van der Waals surface area contributed by atoms with Gasteiger partial charge in [0.2, 0.25) is 0 Å². The minimum absolute atomic E-state index is 0.415. The van der Waals surface area contributed by atoms with Gasteiger partial charge in [-0.15, -0.1) is 11.3 Å². The van der Waals surface area contributed by atoms with E-state index < -0.39 is 0 Å². The van der Waals surface area contributed by atoms with Gasteiger partial charge in [0.25, 0.3) is 0 Å². The number of aromatic nitrogens is 1. The van der Waals surface area contributed by atoms with Crippen molar-refractivity contribution in [2.75, 3.05) is 6.54 Å². The first-order chi connectivity index (χ1) is 10.2. The van der Waals surface area contributed by atoms with Crippen LogP contribution in [0.3, 0.4) is 0 Å². The van der Waals surface area contributed by atoms with E-state index in [2.05, 4.69) is 54.9 Å². The molecule has 2 nitrogen and oxygen atoms in total. The second kappa shape index (κ2) is 6.29. The van der Waals surface area contributed by atoms with E-state index in [9.17, 15) is 0 Å². The summed E-state index contributed by atoms with van der Waals surface area (Å²) in [4.78, 5) is 4.86. The van der Waals surface area contributed by atoms with Crippen molar-refractivity contribution >= 4 is 11.3 Å². The molecule has 3 rings (SSSR count).